The number of carbonyl (C=O) groups is 1. The summed E-state index contributed by atoms with van der Waals surface area (Å²) in [6.07, 6.45) is 2.34. The van der Waals surface area contributed by atoms with E-state index >= 15 is 0 Å². The predicted molar refractivity (Wildman–Crippen MR) is 114 cm³/mol. The zero-order chi connectivity index (χ0) is 20.2. The van der Waals surface area contributed by atoms with E-state index in [0.29, 0.717) is 13.0 Å². The molecule has 1 unspecified atom stereocenters. The molecule has 1 heterocycles. The van der Waals surface area contributed by atoms with Crippen LogP contribution in [0.4, 0.5) is 4.39 Å². The Kier molecular flexibility index (Phi) is 5.43. The van der Waals surface area contributed by atoms with Gasteiger partial charge in [0.25, 0.3) is 0 Å². The van der Waals surface area contributed by atoms with Gasteiger partial charge in [0.1, 0.15) is 5.82 Å². The molecule has 3 aromatic carbocycles. The molecule has 146 valence electrons. The van der Waals surface area contributed by atoms with Crippen LogP contribution in [0.2, 0.25) is 0 Å². The minimum Gasteiger partial charge on any atom is -0.361 e. The summed E-state index contributed by atoms with van der Waals surface area (Å²) >= 11 is 0. The number of benzene rings is 3. The van der Waals surface area contributed by atoms with Gasteiger partial charge in [0, 0.05) is 36.0 Å². The third-order valence-corrected chi connectivity index (χ3v) is 5.27. The van der Waals surface area contributed by atoms with Crippen molar-refractivity contribution in [3.05, 3.63) is 107 Å². The molecule has 0 spiro atoms. The van der Waals surface area contributed by atoms with Crippen LogP contribution in [0, 0.1) is 12.7 Å². The van der Waals surface area contributed by atoms with E-state index in [1.807, 2.05) is 24.4 Å². The van der Waals surface area contributed by atoms with Crippen LogP contribution in [0.15, 0.2) is 79.0 Å². The monoisotopic (exact) mass is 386 g/mol. The highest BCUT2D eigenvalue weighted by Crippen LogP contribution is 2.33. The lowest BCUT2D eigenvalue weighted by atomic mass is 9.87. The molecule has 1 amide bonds. The van der Waals surface area contributed by atoms with Crippen molar-refractivity contribution in [3.63, 3.8) is 0 Å². The molecule has 0 aliphatic heterocycles. The van der Waals surface area contributed by atoms with Gasteiger partial charge in [0.15, 0.2) is 0 Å². The van der Waals surface area contributed by atoms with E-state index in [4.69, 9.17) is 0 Å². The van der Waals surface area contributed by atoms with Crippen molar-refractivity contribution in [2.45, 2.75) is 25.8 Å². The molecule has 0 saturated carbocycles. The molecule has 0 aliphatic rings. The number of halogens is 1. The zero-order valence-electron chi connectivity index (χ0n) is 16.3. The Balaban J connectivity index is 1.57. The Morgan fingerprint density at radius 1 is 1.00 bits per heavy atom. The van der Waals surface area contributed by atoms with E-state index in [9.17, 15) is 9.18 Å². The first-order valence-electron chi connectivity index (χ1n) is 9.74. The molecule has 1 atom stereocenters. The quantitative estimate of drug-likeness (QED) is 0.454. The molecule has 4 heteroatoms. The van der Waals surface area contributed by atoms with Gasteiger partial charge in [-0.2, -0.15) is 0 Å². The maximum atomic E-state index is 13.1. The normalized spacial score (nSPS) is 12.1. The summed E-state index contributed by atoms with van der Waals surface area (Å²) in [6, 6.07) is 22.7. The Morgan fingerprint density at radius 3 is 2.48 bits per heavy atom. The number of rotatable bonds is 6. The van der Waals surface area contributed by atoms with Crippen LogP contribution in [0.25, 0.3) is 10.9 Å². The molecule has 4 aromatic rings. The number of hydrogen-bond donors (Lipinski definition) is 2. The number of nitrogens with one attached hydrogen (secondary N) is 2. The van der Waals surface area contributed by atoms with Crippen LogP contribution in [-0.2, 0) is 11.3 Å². The fraction of sp³-hybridized carbons (Fsp3) is 0.160. The smallest absolute Gasteiger partial charge is 0.221 e. The number of aryl methyl sites for hydroxylation is 1. The largest absolute Gasteiger partial charge is 0.361 e. The maximum Gasteiger partial charge on any atom is 0.221 e. The van der Waals surface area contributed by atoms with E-state index in [1.165, 1.54) is 17.7 Å². The molecule has 1 aromatic heterocycles. The summed E-state index contributed by atoms with van der Waals surface area (Å²) in [7, 11) is 0. The summed E-state index contributed by atoms with van der Waals surface area (Å²) in [5.41, 5.74) is 5.34. The second kappa shape index (κ2) is 8.31. The van der Waals surface area contributed by atoms with Gasteiger partial charge < -0.3 is 10.3 Å². The van der Waals surface area contributed by atoms with Crippen molar-refractivity contribution >= 4 is 16.8 Å². The van der Waals surface area contributed by atoms with E-state index in [-0.39, 0.29) is 17.6 Å². The molecule has 0 bridgehead atoms. The lowest BCUT2D eigenvalue weighted by molar-refractivity contribution is -0.121. The van der Waals surface area contributed by atoms with Crippen molar-refractivity contribution in [1.82, 2.24) is 10.3 Å². The standard InChI is InChI=1S/C25H23FN2O/c1-17-6-10-19(11-7-17)22(23-16-27-24-5-3-2-4-21(23)24)14-25(29)28-15-18-8-12-20(26)13-9-18/h2-13,16,22,27H,14-15H2,1H3,(H,28,29). The van der Waals surface area contributed by atoms with Crippen LogP contribution in [-0.4, -0.2) is 10.9 Å². The predicted octanol–water partition coefficient (Wildman–Crippen LogP) is 5.45. The van der Waals surface area contributed by atoms with Crippen LogP contribution >= 0.6 is 0 Å². The first-order chi connectivity index (χ1) is 14.1. The van der Waals surface area contributed by atoms with Crippen LogP contribution < -0.4 is 5.32 Å². The number of aromatic amines is 1. The molecule has 2 N–H and O–H groups in total. The Hall–Kier alpha value is -3.40. The molecule has 0 fully saturated rings. The SMILES string of the molecule is Cc1ccc(C(CC(=O)NCc2ccc(F)cc2)c2c[nH]c3ccccc23)cc1. The van der Waals surface area contributed by atoms with E-state index in [1.54, 1.807) is 12.1 Å². The highest BCUT2D eigenvalue weighted by Gasteiger charge is 2.21. The number of hydrogen-bond acceptors (Lipinski definition) is 1. The number of amides is 1. The molecule has 0 saturated heterocycles. The van der Waals surface area contributed by atoms with Crippen molar-refractivity contribution in [3.8, 4) is 0 Å². The number of H-pyrrole nitrogens is 1. The number of fused-ring (bicyclic) bond motifs is 1. The maximum absolute atomic E-state index is 13.1. The fourth-order valence-corrected chi connectivity index (χ4v) is 3.65. The van der Waals surface area contributed by atoms with Gasteiger partial charge in [-0.1, -0.05) is 60.2 Å². The first kappa shape index (κ1) is 18.9. The third kappa shape index (κ3) is 4.37. The molecule has 0 radical (unpaired) electrons. The second-order valence-corrected chi connectivity index (χ2v) is 7.36. The van der Waals surface area contributed by atoms with Crippen LogP contribution in [0.5, 0.6) is 0 Å². The van der Waals surface area contributed by atoms with Gasteiger partial charge in [-0.15, -0.1) is 0 Å². The van der Waals surface area contributed by atoms with Crippen molar-refractivity contribution in [2.24, 2.45) is 0 Å². The summed E-state index contributed by atoms with van der Waals surface area (Å²) in [6.45, 7) is 2.44. The number of aromatic nitrogens is 1. The Morgan fingerprint density at radius 2 is 1.72 bits per heavy atom. The van der Waals surface area contributed by atoms with Crippen molar-refractivity contribution in [1.29, 1.82) is 0 Å². The highest BCUT2D eigenvalue weighted by atomic mass is 19.1. The molecule has 4 rings (SSSR count). The summed E-state index contributed by atoms with van der Waals surface area (Å²) in [5, 5.41) is 4.10. The van der Waals surface area contributed by atoms with Gasteiger partial charge in [-0.05, 0) is 41.8 Å². The second-order valence-electron chi connectivity index (χ2n) is 7.36. The molecular formula is C25H23FN2O. The Bertz CT molecular complexity index is 1110. The molecular weight excluding hydrogens is 363 g/mol. The number of para-hydroxylation sites is 1. The van der Waals surface area contributed by atoms with Gasteiger partial charge in [0.05, 0.1) is 0 Å². The minimum atomic E-state index is -0.279. The topological polar surface area (TPSA) is 44.9 Å². The molecule has 29 heavy (non-hydrogen) atoms. The average molecular weight is 386 g/mol. The van der Waals surface area contributed by atoms with Crippen LogP contribution in [0.3, 0.4) is 0 Å². The highest BCUT2D eigenvalue weighted by molar-refractivity contribution is 5.86. The van der Waals surface area contributed by atoms with Crippen molar-refractivity contribution < 1.29 is 9.18 Å². The number of carbonyl (C=O) groups excluding carboxylic acids is 1. The lowest BCUT2D eigenvalue weighted by Gasteiger charge is -2.17. The Labute approximate surface area is 169 Å². The fourth-order valence-electron chi connectivity index (χ4n) is 3.65. The lowest BCUT2D eigenvalue weighted by Crippen LogP contribution is -2.25. The summed E-state index contributed by atoms with van der Waals surface area (Å²) in [5.74, 6) is -0.371. The van der Waals surface area contributed by atoms with E-state index < -0.39 is 0 Å². The molecule has 0 aliphatic carbocycles. The van der Waals surface area contributed by atoms with Crippen molar-refractivity contribution in [2.75, 3.05) is 0 Å². The summed E-state index contributed by atoms with van der Waals surface area (Å²) < 4.78 is 13.1. The van der Waals surface area contributed by atoms with Gasteiger partial charge in [-0.25, -0.2) is 4.39 Å². The van der Waals surface area contributed by atoms with E-state index in [2.05, 4.69) is 47.6 Å². The third-order valence-electron chi connectivity index (χ3n) is 5.27. The first-order valence-corrected chi connectivity index (χ1v) is 9.74. The average Bonchev–Trinajstić information content (AvgIpc) is 3.16. The van der Waals surface area contributed by atoms with E-state index in [0.717, 1.165) is 27.6 Å². The summed E-state index contributed by atoms with van der Waals surface area (Å²) in [4.78, 5) is 16.1. The minimum absolute atomic E-state index is 0.0369. The van der Waals surface area contributed by atoms with Gasteiger partial charge in [-0.3, -0.25) is 4.79 Å². The zero-order valence-corrected chi connectivity index (χ0v) is 16.3. The van der Waals surface area contributed by atoms with Gasteiger partial charge >= 0.3 is 0 Å². The molecule has 3 nitrogen and oxygen atoms in total. The van der Waals surface area contributed by atoms with Gasteiger partial charge in [0.2, 0.25) is 5.91 Å². The van der Waals surface area contributed by atoms with Crippen LogP contribution in [0.1, 0.15) is 34.6 Å².